The summed E-state index contributed by atoms with van der Waals surface area (Å²) < 4.78 is 27.9. The van der Waals surface area contributed by atoms with Crippen LogP contribution in [0.3, 0.4) is 0 Å². The molecule has 0 radical (unpaired) electrons. The highest BCUT2D eigenvalue weighted by molar-refractivity contribution is 7.87. The summed E-state index contributed by atoms with van der Waals surface area (Å²) in [5.41, 5.74) is 0. The molecule has 0 aliphatic heterocycles. The van der Waals surface area contributed by atoms with Crippen molar-refractivity contribution in [3.63, 3.8) is 0 Å². The Hall–Kier alpha value is -0.660. The number of carboxylic acid groups (broad SMARTS) is 1. The maximum Gasteiger partial charge on any atom is 0.303 e. The second kappa shape index (κ2) is 11.0. The first-order valence-corrected chi connectivity index (χ1v) is 9.20. The summed E-state index contributed by atoms with van der Waals surface area (Å²) in [5.74, 6) is -0.536. The Labute approximate surface area is 129 Å². The van der Waals surface area contributed by atoms with Crippen molar-refractivity contribution in [2.75, 3.05) is 20.1 Å². The molecule has 0 saturated carbocycles. The van der Waals surface area contributed by atoms with E-state index in [1.54, 1.807) is 7.05 Å². The fourth-order valence-corrected chi connectivity index (χ4v) is 3.14. The van der Waals surface area contributed by atoms with Crippen molar-refractivity contribution in [1.29, 1.82) is 0 Å². The predicted molar refractivity (Wildman–Crippen MR) is 84.3 cm³/mol. The fraction of sp³-hybridized carbons (Fsp3) is 0.929. The van der Waals surface area contributed by atoms with E-state index < -0.39 is 16.2 Å². The van der Waals surface area contributed by atoms with Gasteiger partial charge in [-0.25, -0.2) is 4.72 Å². The minimum absolute atomic E-state index is 0.147. The van der Waals surface area contributed by atoms with Gasteiger partial charge < -0.3 is 5.11 Å². The lowest BCUT2D eigenvalue weighted by molar-refractivity contribution is -0.137. The number of aliphatic carboxylic acids is 1. The van der Waals surface area contributed by atoms with Crippen molar-refractivity contribution >= 4 is 16.2 Å². The van der Waals surface area contributed by atoms with Crippen LogP contribution in [0.5, 0.6) is 0 Å². The van der Waals surface area contributed by atoms with Gasteiger partial charge in [0.15, 0.2) is 0 Å². The summed E-state index contributed by atoms with van der Waals surface area (Å²) in [6.45, 7) is 4.95. The highest BCUT2D eigenvalue weighted by atomic mass is 32.2. The number of rotatable bonds is 13. The zero-order valence-electron chi connectivity index (χ0n) is 13.5. The monoisotopic (exact) mass is 322 g/mol. The normalized spacial score (nSPS) is 13.5. The van der Waals surface area contributed by atoms with E-state index in [1.807, 2.05) is 6.92 Å². The molecule has 0 spiro atoms. The third-order valence-corrected chi connectivity index (χ3v) is 5.11. The summed E-state index contributed by atoms with van der Waals surface area (Å²) in [6, 6.07) is 0. The van der Waals surface area contributed by atoms with Gasteiger partial charge in [0.05, 0.1) is 0 Å². The molecular formula is C14H30N2O4S. The van der Waals surface area contributed by atoms with Gasteiger partial charge in [0, 0.05) is 26.6 Å². The van der Waals surface area contributed by atoms with Crippen LogP contribution in [-0.4, -0.2) is 43.9 Å². The van der Waals surface area contributed by atoms with Crippen molar-refractivity contribution in [1.82, 2.24) is 9.03 Å². The topological polar surface area (TPSA) is 86.7 Å². The standard InChI is InChI=1S/C14H30N2O4S/c1-4-6-12-16(3)21(19,20)15-11-10-13(7-5-2)8-9-14(17)18/h13,15H,4-12H2,1-3H3,(H,17,18). The maximum absolute atomic E-state index is 12.0. The molecule has 0 aliphatic carbocycles. The molecule has 0 aromatic heterocycles. The van der Waals surface area contributed by atoms with E-state index in [0.717, 1.165) is 25.7 Å². The molecule has 7 heteroatoms. The SMILES string of the molecule is CCCCN(C)S(=O)(=O)NCCC(CCC)CCC(=O)O. The average molecular weight is 322 g/mol. The summed E-state index contributed by atoms with van der Waals surface area (Å²) in [5, 5.41) is 8.72. The molecule has 0 heterocycles. The van der Waals surface area contributed by atoms with Crippen molar-refractivity contribution < 1.29 is 18.3 Å². The molecule has 6 nitrogen and oxygen atoms in total. The van der Waals surface area contributed by atoms with E-state index in [-0.39, 0.29) is 12.3 Å². The van der Waals surface area contributed by atoms with E-state index in [0.29, 0.717) is 25.9 Å². The molecule has 0 aliphatic rings. The van der Waals surface area contributed by atoms with E-state index in [9.17, 15) is 13.2 Å². The summed E-state index contributed by atoms with van der Waals surface area (Å²) >= 11 is 0. The predicted octanol–water partition coefficient (Wildman–Crippen LogP) is 2.22. The summed E-state index contributed by atoms with van der Waals surface area (Å²) in [4.78, 5) is 10.6. The Morgan fingerprint density at radius 2 is 1.86 bits per heavy atom. The van der Waals surface area contributed by atoms with Crippen LogP contribution in [0, 0.1) is 5.92 Å². The van der Waals surface area contributed by atoms with E-state index in [2.05, 4.69) is 11.6 Å². The van der Waals surface area contributed by atoms with Gasteiger partial charge in [-0.1, -0.05) is 33.1 Å². The lowest BCUT2D eigenvalue weighted by Gasteiger charge is -2.19. The van der Waals surface area contributed by atoms with Crippen LogP contribution < -0.4 is 4.72 Å². The number of hydrogen-bond donors (Lipinski definition) is 2. The van der Waals surface area contributed by atoms with Gasteiger partial charge in [-0.3, -0.25) is 4.79 Å². The van der Waals surface area contributed by atoms with Gasteiger partial charge in [0.2, 0.25) is 0 Å². The molecule has 0 saturated heterocycles. The lowest BCUT2D eigenvalue weighted by Crippen LogP contribution is -2.39. The Kier molecular flexibility index (Phi) is 10.6. The van der Waals surface area contributed by atoms with E-state index in [1.165, 1.54) is 4.31 Å². The van der Waals surface area contributed by atoms with Crippen LogP contribution in [0.1, 0.15) is 58.8 Å². The summed E-state index contributed by atoms with van der Waals surface area (Å²) in [7, 11) is -1.83. The molecule has 0 amide bonds. The van der Waals surface area contributed by atoms with Gasteiger partial charge in [-0.15, -0.1) is 0 Å². The van der Waals surface area contributed by atoms with Crippen LogP contribution in [0.2, 0.25) is 0 Å². The number of nitrogens with one attached hydrogen (secondary N) is 1. The second-order valence-corrected chi connectivity index (χ2v) is 7.31. The molecule has 0 fully saturated rings. The molecule has 1 unspecified atom stereocenters. The molecule has 21 heavy (non-hydrogen) atoms. The van der Waals surface area contributed by atoms with Gasteiger partial charge >= 0.3 is 5.97 Å². The van der Waals surface area contributed by atoms with Crippen molar-refractivity contribution in [3.05, 3.63) is 0 Å². The minimum atomic E-state index is -3.41. The first-order chi connectivity index (χ1) is 9.83. The average Bonchev–Trinajstić information content (AvgIpc) is 2.41. The minimum Gasteiger partial charge on any atom is -0.481 e. The van der Waals surface area contributed by atoms with Crippen LogP contribution in [0.15, 0.2) is 0 Å². The van der Waals surface area contributed by atoms with E-state index >= 15 is 0 Å². The highest BCUT2D eigenvalue weighted by Gasteiger charge is 2.17. The number of unbranched alkanes of at least 4 members (excludes halogenated alkanes) is 1. The first kappa shape index (κ1) is 20.3. The third kappa shape index (κ3) is 9.82. The molecule has 0 aromatic rings. The quantitative estimate of drug-likeness (QED) is 0.544. The highest BCUT2D eigenvalue weighted by Crippen LogP contribution is 2.17. The van der Waals surface area contributed by atoms with Crippen molar-refractivity contribution in [3.8, 4) is 0 Å². The third-order valence-electron chi connectivity index (χ3n) is 3.54. The van der Waals surface area contributed by atoms with E-state index in [4.69, 9.17) is 5.11 Å². The number of carboxylic acids is 1. The number of hydrogen-bond acceptors (Lipinski definition) is 3. The smallest absolute Gasteiger partial charge is 0.303 e. The number of carbonyl (C=O) groups is 1. The van der Waals surface area contributed by atoms with Crippen LogP contribution >= 0.6 is 0 Å². The molecule has 0 rings (SSSR count). The molecule has 126 valence electrons. The van der Waals surface area contributed by atoms with Crippen LogP contribution in [0.25, 0.3) is 0 Å². The zero-order chi connectivity index (χ0) is 16.3. The Balaban J connectivity index is 4.19. The first-order valence-electron chi connectivity index (χ1n) is 7.76. The maximum atomic E-state index is 12.0. The second-order valence-electron chi connectivity index (χ2n) is 5.45. The van der Waals surface area contributed by atoms with Crippen molar-refractivity contribution in [2.24, 2.45) is 5.92 Å². The van der Waals surface area contributed by atoms with Gasteiger partial charge in [-0.05, 0) is 25.2 Å². The van der Waals surface area contributed by atoms with Crippen LogP contribution in [-0.2, 0) is 15.0 Å². The zero-order valence-corrected chi connectivity index (χ0v) is 14.3. The molecule has 0 bridgehead atoms. The molecule has 1 atom stereocenters. The fourth-order valence-electron chi connectivity index (χ4n) is 2.17. The number of nitrogens with zero attached hydrogens (tertiary/aromatic N) is 1. The van der Waals surface area contributed by atoms with Gasteiger partial charge in [0.25, 0.3) is 10.2 Å². The van der Waals surface area contributed by atoms with Gasteiger partial charge in [-0.2, -0.15) is 12.7 Å². The largest absolute Gasteiger partial charge is 0.481 e. The summed E-state index contributed by atoms with van der Waals surface area (Å²) in [6.07, 6.45) is 5.14. The molecule has 0 aromatic carbocycles. The molecule has 2 N–H and O–H groups in total. The van der Waals surface area contributed by atoms with Gasteiger partial charge in [0.1, 0.15) is 0 Å². The lowest BCUT2D eigenvalue weighted by atomic mass is 9.95. The van der Waals surface area contributed by atoms with Crippen LogP contribution in [0.4, 0.5) is 0 Å². The Morgan fingerprint density at radius 1 is 1.19 bits per heavy atom. The Morgan fingerprint density at radius 3 is 2.38 bits per heavy atom. The Bertz CT molecular complexity index is 384. The molecular weight excluding hydrogens is 292 g/mol. The van der Waals surface area contributed by atoms with Crippen molar-refractivity contribution in [2.45, 2.75) is 58.8 Å².